The number of fused-ring (bicyclic) bond motifs is 3. The van der Waals surface area contributed by atoms with Gasteiger partial charge in [0.25, 0.3) is 5.91 Å². The maximum atomic E-state index is 13.2. The van der Waals surface area contributed by atoms with Crippen molar-refractivity contribution in [2.24, 2.45) is 16.7 Å². The van der Waals surface area contributed by atoms with Crippen LogP contribution in [-0.4, -0.2) is 42.1 Å². The molecule has 4 atom stereocenters. The van der Waals surface area contributed by atoms with Crippen molar-refractivity contribution in [3.05, 3.63) is 23.8 Å². The molecule has 1 saturated heterocycles. The number of imide groups is 1. The van der Waals surface area contributed by atoms with Gasteiger partial charge in [-0.15, -0.1) is 0 Å². The number of amides is 4. The molecule has 2 N–H and O–H groups in total. The van der Waals surface area contributed by atoms with Gasteiger partial charge in [0.05, 0.1) is 0 Å². The molecular formula is C23H29N3O5. The van der Waals surface area contributed by atoms with Gasteiger partial charge in [-0.05, 0) is 60.6 Å². The van der Waals surface area contributed by atoms with E-state index in [1.807, 2.05) is 0 Å². The van der Waals surface area contributed by atoms with Gasteiger partial charge in [0.15, 0.2) is 11.5 Å². The van der Waals surface area contributed by atoms with Crippen LogP contribution >= 0.6 is 0 Å². The molecule has 2 heterocycles. The van der Waals surface area contributed by atoms with E-state index < -0.39 is 17.5 Å². The number of urea groups is 1. The maximum Gasteiger partial charge on any atom is 0.325 e. The standard InChI is InChI=1S/C23H29N3O5/c1-21(2)13-7-8-22(21,3)17(10-13)24-18(27)11-26-19(28)23(4,25-20(26)29)14-5-6-15-16(9-14)31-12-30-15/h5-6,9,13,17H,7-8,10-12H2,1-4H3,(H,24,27)(H,25,29)/t13-,17-,22-,23-/m1/s1. The Bertz CT molecular complexity index is 991. The second-order valence-electron chi connectivity index (χ2n) is 10.2. The van der Waals surface area contributed by atoms with Gasteiger partial charge in [0, 0.05) is 6.04 Å². The highest BCUT2D eigenvalue weighted by atomic mass is 16.7. The van der Waals surface area contributed by atoms with E-state index in [1.54, 1.807) is 25.1 Å². The summed E-state index contributed by atoms with van der Waals surface area (Å²) in [6.45, 7) is 8.29. The van der Waals surface area contributed by atoms with E-state index in [0.29, 0.717) is 23.0 Å². The quantitative estimate of drug-likeness (QED) is 0.720. The van der Waals surface area contributed by atoms with Crippen molar-refractivity contribution in [1.82, 2.24) is 15.5 Å². The molecule has 5 rings (SSSR count). The minimum atomic E-state index is -1.27. The predicted molar refractivity (Wildman–Crippen MR) is 111 cm³/mol. The van der Waals surface area contributed by atoms with E-state index in [0.717, 1.165) is 17.7 Å². The average molecular weight is 428 g/mol. The maximum absolute atomic E-state index is 13.2. The lowest BCUT2D eigenvalue weighted by Crippen LogP contribution is -2.50. The van der Waals surface area contributed by atoms with Crippen LogP contribution in [0.3, 0.4) is 0 Å². The first kappa shape index (κ1) is 20.2. The van der Waals surface area contributed by atoms with Crippen LogP contribution in [0.5, 0.6) is 11.5 Å². The summed E-state index contributed by atoms with van der Waals surface area (Å²) in [5.41, 5.74) is -0.478. The topological polar surface area (TPSA) is 97.0 Å². The van der Waals surface area contributed by atoms with Crippen molar-refractivity contribution in [1.29, 1.82) is 0 Å². The summed E-state index contributed by atoms with van der Waals surface area (Å²) >= 11 is 0. The summed E-state index contributed by atoms with van der Waals surface area (Å²) in [6, 6.07) is 4.64. The molecule has 2 saturated carbocycles. The van der Waals surface area contributed by atoms with E-state index in [1.165, 1.54) is 6.42 Å². The van der Waals surface area contributed by atoms with Crippen LogP contribution in [0.15, 0.2) is 18.2 Å². The minimum absolute atomic E-state index is 0.0333. The zero-order valence-electron chi connectivity index (χ0n) is 18.4. The summed E-state index contributed by atoms with van der Waals surface area (Å²) in [5.74, 6) is 0.972. The van der Waals surface area contributed by atoms with Gasteiger partial charge in [-0.1, -0.05) is 26.8 Å². The summed E-state index contributed by atoms with van der Waals surface area (Å²) < 4.78 is 10.7. The van der Waals surface area contributed by atoms with Crippen LogP contribution in [0.1, 0.15) is 52.5 Å². The first-order valence-electron chi connectivity index (χ1n) is 10.9. The summed E-state index contributed by atoms with van der Waals surface area (Å²) in [5, 5.41) is 5.87. The third kappa shape index (κ3) is 2.69. The van der Waals surface area contributed by atoms with E-state index in [4.69, 9.17) is 9.47 Å². The number of ether oxygens (including phenoxy) is 2. The number of rotatable bonds is 4. The van der Waals surface area contributed by atoms with E-state index in [2.05, 4.69) is 31.4 Å². The average Bonchev–Trinajstić information content (AvgIpc) is 3.38. The molecule has 1 aromatic carbocycles. The fraction of sp³-hybridized carbons (Fsp3) is 0.609. The lowest BCUT2D eigenvalue weighted by molar-refractivity contribution is -0.135. The zero-order chi connectivity index (χ0) is 22.2. The fourth-order valence-corrected chi connectivity index (χ4v) is 6.05. The third-order valence-corrected chi connectivity index (χ3v) is 8.66. The molecule has 2 aliphatic carbocycles. The van der Waals surface area contributed by atoms with Crippen LogP contribution < -0.4 is 20.1 Å². The van der Waals surface area contributed by atoms with Gasteiger partial charge < -0.3 is 20.1 Å². The SMILES string of the molecule is CC1(C)[C@@H]2CC[C@]1(C)[C@H](NC(=O)CN1C(=O)N[C@](C)(c3ccc4c(c3)OCO4)C1=O)C2. The Kier molecular flexibility index (Phi) is 4.14. The van der Waals surface area contributed by atoms with Gasteiger partial charge in [-0.25, -0.2) is 4.79 Å². The predicted octanol–water partition coefficient (Wildman–Crippen LogP) is 2.51. The highest BCUT2D eigenvalue weighted by Gasteiger charge is 2.61. The summed E-state index contributed by atoms with van der Waals surface area (Å²) in [6.07, 6.45) is 3.22. The molecule has 2 aliphatic heterocycles. The van der Waals surface area contributed by atoms with Crippen molar-refractivity contribution in [2.75, 3.05) is 13.3 Å². The summed E-state index contributed by atoms with van der Waals surface area (Å²) in [7, 11) is 0. The van der Waals surface area contributed by atoms with Crippen molar-refractivity contribution >= 4 is 17.8 Å². The molecule has 2 bridgehead atoms. The van der Waals surface area contributed by atoms with Crippen LogP contribution in [0.4, 0.5) is 4.79 Å². The van der Waals surface area contributed by atoms with E-state index >= 15 is 0 Å². The van der Waals surface area contributed by atoms with Gasteiger partial charge in [-0.3, -0.25) is 14.5 Å². The smallest absolute Gasteiger partial charge is 0.325 e. The van der Waals surface area contributed by atoms with Crippen LogP contribution in [0.2, 0.25) is 0 Å². The number of nitrogens with one attached hydrogen (secondary N) is 2. The van der Waals surface area contributed by atoms with Crippen molar-refractivity contribution in [3.63, 3.8) is 0 Å². The monoisotopic (exact) mass is 427 g/mol. The number of carbonyl (C=O) groups is 3. The minimum Gasteiger partial charge on any atom is -0.454 e. The highest BCUT2D eigenvalue weighted by molar-refractivity contribution is 6.09. The largest absolute Gasteiger partial charge is 0.454 e. The molecule has 31 heavy (non-hydrogen) atoms. The molecule has 8 heteroatoms. The molecule has 0 radical (unpaired) electrons. The molecule has 8 nitrogen and oxygen atoms in total. The normalized spacial score (nSPS) is 34.9. The molecule has 166 valence electrons. The van der Waals surface area contributed by atoms with Crippen LogP contribution in [0.25, 0.3) is 0 Å². The van der Waals surface area contributed by atoms with Crippen molar-refractivity contribution in [3.8, 4) is 11.5 Å². The Balaban J connectivity index is 1.30. The third-order valence-electron chi connectivity index (χ3n) is 8.66. The number of benzene rings is 1. The molecule has 3 fully saturated rings. The first-order valence-corrected chi connectivity index (χ1v) is 10.9. The highest BCUT2D eigenvalue weighted by Crippen LogP contribution is 2.65. The lowest BCUT2D eigenvalue weighted by Gasteiger charge is -2.39. The van der Waals surface area contributed by atoms with E-state index in [9.17, 15) is 14.4 Å². The zero-order valence-corrected chi connectivity index (χ0v) is 18.4. The second-order valence-corrected chi connectivity index (χ2v) is 10.2. The molecule has 0 unspecified atom stereocenters. The van der Waals surface area contributed by atoms with E-state index in [-0.39, 0.29) is 36.1 Å². The van der Waals surface area contributed by atoms with Gasteiger partial charge >= 0.3 is 6.03 Å². The Morgan fingerprint density at radius 1 is 1.19 bits per heavy atom. The molecule has 0 spiro atoms. The molecule has 1 aromatic rings. The number of hydrogen-bond acceptors (Lipinski definition) is 5. The van der Waals surface area contributed by atoms with Crippen LogP contribution in [0, 0.1) is 16.7 Å². The fourth-order valence-electron chi connectivity index (χ4n) is 6.05. The lowest BCUT2D eigenvalue weighted by atomic mass is 9.69. The van der Waals surface area contributed by atoms with Crippen molar-refractivity contribution < 1.29 is 23.9 Å². The molecule has 4 amide bonds. The molecule has 0 aromatic heterocycles. The van der Waals surface area contributed by atoms with Gasteiger partial charge in [-0.2, -0.15) is 0 Å². The van der Waals surface area contributed by atoms with Gasteiger partial charge in [0.2, 0.25) is 12.7 Å². The van der Waals surface area contributed by atoms with Crippen LogP contribution in [-0.2, 0) is 15.1 Å². The molecule has 4 aliphatic rings. The Hall–Kier alpha value is -2.77. The van der Waals surface area contributed by atoms with Crippen molar-refractivity contribution in [2.45, 2.75) is 58.5 Å². The Morgan fingerprint density at radius 2 is 1.94 bits per heavy atom. The number of nitrogens with zero attached hydrogens (tertiary/aromatic N) is 1. The van der Waals surface area contributed by atoms with Gasteiger partial charge in [0.1, 0.15) is 12.1 Å². The Labute approximate surface area is 181 Å². The number of carbonyl (C=O) groups excluding carboxylic acids is 3. The Morgan fingerprint density at radius 3 is 2.61 bits per heavy atom. The summed E-state index contributed by atoms with van der Waals surface area (Å²) in [4.78, 5) is 39.7. The second kappa shape index (κ2) is 6.37. The first-order chi connectivity index (χ1) is 14.6. The molecular weight excluding hydrogens is 398 g/mol. The number of hydrogen-bond donors (Lipinski definition) is 2.